The highest BCUT2D eigenvalue weighted by atomic mass is 32.2. The van der Waals surface area contributed by atoms with Crippen molar-refractivity contribution >= 4 is 15.9 Å². The minimum Gasteiger partial charge on any atom is -0.493 e. The molecule has 0 aliphatic carbocycles. The lowest BCUT2D eigenvalue weighted by Crippen LogP contribution is -2.40. The van der Waals surface area contributed by atoms with Gasteiger partial charge < -0.3 is 14.8 Å². The molecule has 0 saturated heterocycles. The van der Waals surface area contributed by atoms with E-state index in [0.717, 1.165) is 22.3 Å². The van der Waals surface area contributed by atoms with Crippen LogP contribution in [0.4, 0.5) is 0 Å². The van der Waals surface area contributed by atoms with Gasteiger partial charge in [0.2, 0.25) is 10.0 Å². The van der Waals surface area contributed by atoms with Gasteiger partial charge in [0.15, 0.2) is 11.5 Å². The topological polar surface area (TPSA) is 84.9 Å². The summed E-state index contributed by atoms with van der Waals surface area (Å²) in [5.74, 6) is 0.808. The summed E-state index contributed by atoms with van der Waals surface area (Å²) in [7, 11) is -0.374. The summed E-state index contributed by atoms with van der Waals surface area (Å²) in [5.41, 5.74) is 4.49. The van der Waals surface area contributed by atoms with E-state index in [2.05, 4.69) is 5.32 Å². The van der Waals surface area contributed by atoms with Gasteiger partial charge in [0, 0.05) is 25.2 Å². The molecule has 2 aromatic rings. The SMILES string of the molecule is COc1cc2c(cc1OC)CN(S(=O)(=O)CCNC(=O)c1cc(C)cc(C)c1)CC2. The number of hydrogen-bond donors (Lipinski definition) is 1. The molecule has 1 aliphatic heterocycles. The largest absolute Gasteiger partial charge is 0.493 e. The number of sulfonamides is 1. The Morgan fingerprint density at radius 2 is 1.60 bits per heavy atom. The van der Waals surface area contributed by atoms with Crippen LogP contribution in [-0.4, -0.2) is 51.7 Å². The Bertz CT molecular complexity index is 1030. The summed E-state index contributed by atoms with van der Waals surface area (Å²) in [6.07, 6.45) is 0.601. The second kappa shape index (κ2) is 9.06. The minimum atomic E-state index is -3.51. The molecule has 2 aromatic carbocycles. The maximum Gasteiger partial charge on any atom is 0.251 e. The fraction of sp³-hybridized carbons (Fsp3) is 0.409. The molecule has 3 rings (SSSR count). The Balaban J connectivity index is 1.63. The van der Waals surface area contributed by atoms with Crippen LogP contribution in [0.5, 0.6) is 11.5 Å². The Kier molecular flexibility index (Phi) is 6.67. The molecular weight excluding hydrogens is 404 g/mol. The fourth-order valence-corrected chi connectivity index (χ4v) is 5.05. The molecule has 162 valence electrons. The first-order valence-electron chi connectivity index (χ1n) is 9.81. The van der Waals surface area contributed by atoms with Crippen LogP contribution in [-0.2, 0) is 23.0 Å². The van der Waals surface area contributed by atoms with Crippen molar-refractivity contribution in [1.82, 2.24) is 9.62 Å². The second-order valence-electron chi connectivity index (χ2n) is 7.51. The number of ether oxygens (including phenoxy) is 2. The Morgan fingerprint density at radius 1 is 1.00 bits per heavy atom. The Morgan fingerprint density at radius 3 is 2.20 bits per heavy atom. The minimum absolute atomic E-state index is 0.0590. The first-order chi connectivity index (χ1) is 14.2. The zero-order valence-corrected chi connectivity index (χ0v) is 18.6. The van der Waals surface area contributed by atoms with Crippen molar-refractivity contribution in [3.8, 4) is 11.5 Å². The number of aryl methyl sites for hydroxylation is 2. The van der Waals surface area contributed by atoms with Crippen molar-refractivity contribution in [3.05, 3.63) is 58.1 Å². The summed E-state index contributed by atoms with van der Waals surface area (Å²) in [5, 5.41) is 2.72. The third-order valence-electron chi connectivity index (χ3n) is 5.21. The molecule has 0 spiro atoms. The van der Waals surface area contributed by atoms with Crippen molar-refractivity contribution < 1.29 is 22.7 Å². The predicted molar refractivity (Wildman–Crippen MR) is 116 cm³/mol. The van der Waals surface area contributed by atoms with Crippen molar-refractivity contribution in [1.29, 1.82) is 0 Å². The van der Waals surface area contributed by atoms with E-state index in [4.69, 9.17) is 9.47 Å². The molecule has 7 nitrogen and oxygen atoms in total. The normalized spacial score (nSPS) is 14.1. The van der Waals surface area contributed by atoms with E-state index < -0.39 is 10.0 Å². The molecule has 0 radical (unpaired) electrons. The van der Waals surface area contributed by atoms with Gasteiger partial charge in [-0.25, -0.2) is 8.42 Å². The van der Waals surface area contributed by atoms with Crippen LogP contribution < -0.4 is 14.8 Å². The van der Waals surface area contributed by atoms with Gasteiger partial charge in [-0.3, -0.25) is 4.79 Å². The highest BCUT2D eigenvalue weighted by Crippen LogP contribution is 2.33. The number of hydrogen-bond acceptors (Lipinski definition) is 5. The van der Waals surface area contributed by atoms with Crippen LogP contribution in [0.15, 0.2) is 30.3 Å². The van der Waals surface area contributed by atoms with E-state index in [1.165, 1.54) is 4.31 Å². The average Bonchev–Trinajstić information content (AvgIpc) is 2.71. The van der Waals surface area contributed by atoms with Crippen molar-refractivity contribution in [3.63, 3.8) is 0 Å². The Hall–Kier alpha value is -2.58. The monoisotopic (exact) mass is 432 g/mol. The van der Waals surface area contributed by atoms with E-state index >= 15 is 0 Å². The average molecular weight is 433 g/mol. The number of amides is 1. The van der Waals surface area contributed by atoms with E-state index in [-0.39, 0.29) is 24.7 Å². The zero-order chi connectivity index (χ0) is 21.9. The first kappa shape index (κ1) is 22.1. The third-order valence-corrected chi connectivity index (χ3v) is 7.02. The molecular formula is C22H28N2O5S. The maximum atomic E-state index is 12.8. The maximum absolute atomic E-state index is 12.8. The standard InChI is InChI=1S/C22H28N2O5S/c1-15-9-16(2)11-18(10-15)22(25)23-6-8-30(26,27)24-7-5-17-12-20(28-3)21(29-4)13-19(17)14-24/h9-13H,5-8,14H2,1-4H3,(H,23,25). The van der Waals surface area contributed by atoms with Crippen molar-refractivity contribution in [2.45, 2.75) is 26.8 Å². The first-order valence-corrected chi connectivity index (χ1v) is 11.4. The lowest BCUT2D eigenvalue weighted by Gasteiger charge is -2.29. The van der Waals surface area contributed by atoms with Gasteiger partial charge in [-0.05, 0) is 55.7 Å². The molecule has 1 heterocycles. The number of nitrogens with one attached hydrogen (secondary N) is 1. The molecule has 0 atom stereocenters. The van der Waals surface area contributed by atoms with E-state index in [1.54, 1.807) is 26.4 Å². The lowest BCUT2D eigenvalue weighted by atomic mass is 10.0. The van der Waals surface area contributed by atoms with Gasteiger partial charge >= 0.3 is 0 Å². The highest BCUT2D eigenvalue weighted by molar-refractivity contribution is 7.89. The zero-order valence-electron chi connectivity index (χ0n) is 17.8. The summed E-state index contributed by atoms with van der Waals surface area (Å²) in [4.78, 5) is 12.4. The third kappa shape index (κ3) is 4.94. The van der Waals surface area contributed by atoms with E-state index in [9.17, 15) is 13.2 Å². The summed E-state index contributed by atoms with van der Waals surface area (Å²) in [6.45, 7) is 4.59. The van der Waals surface area contributed by atoms with Crippen molar-refractivity contribution in [2.24, 2.45) is 0 Å². The van der Waals surface area contributed by atoms with Gasteiger partial charge in [0.25, 0.3) is 5.91 Å². The summed E-state index contributed by atoms with van der Waals surface area (Å²) < 4.78 is 37.8. The predicted octanol–water partition coefficient (Wildman–Crippen LogP) is 2.44. The molecule has 30 heavy (non-hydrogen) atoms. The van der Waals surface area contributed by atoms with Gasteiger partial charge in [-0.15, -0.1) is 0 Å². The van der Waals surface area contributed by atoms with Crippen LogP contribution in [0.25, 0.3) is 0 Å². The molecule has 8 heteroatoms. The molecule has 0 fully saturated rings. The molecule has 1 amide bonds. The molecule has 1 N–H and O–H groups in total. The summed E-state index contributed by atoms with van der Waals surface area (Å²) in [6, 6.07) is 9.31. The molecule has 1 aliphatic rings. The van der Waals surface area contributed by atoms with Crippen LogP contribution in [0, 0.1) is 13.8 Å². The van der Waals surface area contributed by atoms with Crippen LogP contribution in [0.3, 0.4) is 0 Å². The number of carbonyl (C=O) groups excluding carboxylic acids is 1. The smallest absolute Gasteiger partial charge is 0.251 e. The molecule has 0 aromatic heterocycles. The lowest BCUT2D eigenvalue weighted by molar-refractivity contribution is 0.0956. The molecule has 0 bridgehead atoms. The molecule has 0 saturated carbocycles. The molecule has 0 unspecified atom stereocenters. The number of carbonyl (C=O) groups is 1. The Labute approximate surface area is 178 Å². The van der Waals surface area contributed by atoms with Crippen LogP contribution >= 0.6 is 0 Å². The van der Waals surface area contributed by atoms with E-state index in [1.807, 2.05) is 32.0 Å². The van der Waals surface area contributed by atoms with Crippen molar-refractivity contribution in [2.75, 3.05) is 33.1 Å². The number of nitrogens with zero attached hydrogens (tertiary/aromatic N) is 1. The van der Waals surface area contributed by atoms with Crippen LogP contribution in [0.2, 0.25) is 0 Å². The second-order valence-corrected chi connectivity index (χ2v) is 9.60. The number of benzene rings is 2. The van der Waals surface area contributed by atoms with Gasteiger partial charge in [0.1, 0.15) is 0 Å². The number of methoxy groups -OCH3 is 2. The quantitative estimate of drug-likeness (QED) is 0.726. The fourth-order valence-electron chi connectivity index (χ4n) is 3.73. The van der Waals surface area contributed by atoms with Crippen LogP contribution in [0.1, 0.15) is 32.6 Å². The van der Waals surface area contributed by atoms with E-state index in [0.29, 0.717) is 30.0 Å². The highest BCUT2D eigenvalue weighted by Gasteiger charge is 2.27. The van der Waals surface area contributed by atoms with Gasteiger partial charge in [0.05, 0.1) is 20.0 Å². The van der Waals surface area contributed by atoms with Gasteiger partial charge in [-0.2, -0.15) is 4.31 Å². The number of rotatable bonds is 7. The number of fused-ring (bicyclic) bond motifs is 1. The van der Waals surface area contributed by atoms with Gasteiger partial charge in [-0.1, -0.05) is 17.2 Å². The summed E-state index contributed by atoms with van der Waals surface area (Å²) >= 11 is 0.